The fraction of sp³-hybridized carbons (Fsp3) is 0.375. The van der Waals surface area contributed by atoms with Crippen molar-refractivity contribution in [2.24, 2.45) is 5.16 Å². The summed E-state index contributed by atoms with van der Waals surface area (Å²) in [5, 5.41) is 25.1. The van der Waals surface area contributed by atoms with E-state index in [-0.39, 0.29) is 23.7 Å². The third-order valence-electron chi connectivity index (χ3n) is 4.09. The molecular formula is C16H16N4O8S2. The summed E-state index contributed by atoms with van der Waals surface area (Å²) in [7, 11) is 1.43. The zero-order valence-corrected chi connectivity index (χ0v) is 17.1. The van der Waals surface area contributed by atoms with Gasteiger partial charge < -0.3 is 25.1 Å². The molecule has 1 aromatic rings. The lowest BCUT2D eigenvalue weighted by molar-refractivity contribution is -0.150. The third kappa shape index (κ3) is 4.29. The van der Waals surface area contributed by atoms with E-state index in [0.717, 1.165) is 4.90 Å². The number of carboxylic acid groups (broad SMARTS) is 2. The molecule has 2 amide bonds. The fourth-order valence-corrected chi connectivity index (χ4v) is 4.73. The summed E-state index contributed by atoms with van der Waals surface area (Å²) in [4.78, 5) is 57.3. The zero-order valence-electron chi connectivity index (χ0n) is 15.4. The first-order chi connectivity index (χ1) is 14.3. The maximum absolute atomic E-state index is 12.7. The van der Waals surface area contributed by atoms with Gasteiger partial charge in [-0.1, -0.05) is 5.16 Å². The molecule has 2 aliphatic heterocycles. The Labute approximate surface area is 177 Å². The highest BCUT2D eigenvalue weighted by Gasteiger charge is 2.54. The molecule has 0 radical (unpaired) electrons. The normalized spacial score (nSPS) is 21.0. The molecule has 1 unspecified atom stereocenters. The summed E-state index contributed by atoms with van der Waals surface area (Å²) in [5.74, 6) is -3.59. The number of thiazole rings is 1. The van der Waals surface area contributed by atoms with E-state index < -0.39 is 41.8 Å². The lowest BCUT2D eigenvalue weighted by Crippen LogP contribution is -2.71. The molecule has 0 bridgehead atoms. The van der Waals surface area contributed by atoms with E-state index in [2.05, 4.69) is 20.3 Å². The minimum absolute atomic E-state index is 0.0731. The summed E-state index contributed by atoms with van der Waals surface area (Å²) in [5.41, 5.74) is 1.63. The van der Waals surface area contributed by atoms with Crippen LogP contribution in [-0.4, -0.2) is 87.1 Å². The summed E-state index contributed by atoms with van der Waals surface area (Å²) in [6, 6.07) is -0.982. The van der Waals surface area contributed by atoms with Gasteiger partial charge in [-0.25, -0.2) is 14.6 Å². The first kappa shape index (κ1) is 21.7. The lowest BCUT2D eigenvalue weighted by Gasteiger charge is -2.49. The van der Waals surface area contributed by atoms with Crippen molar-refractivity contribution in [3.63, 3.8) is 0 Å². The maximum Gasteiger partial charge on any atom is 0.352 e. The van der Waals surface area contributed by atoms with Crippen LogP contribution in [0.2, 0.25) is 0 Å². The molecule has 1 saturated heterocycles. The molecule has 160 valence electrons. The van der Waals surface area contributed by atoms with Gasteiger partial charge in [-0.15, -0.1) is 23.1 Å². The van der Waals surface area contributed by atoms with Crippen LogP contribution < -0.4 is 5.32 Å². The number of β-lactam (4-membered cyclic amide) rings is 1. The third-order valence-corrected chi connectivity index (χ3v) is 6.01. The average molecular weight is 456 g/mol. The Bertz CT molecular complexity index is 930. The number of nitrogens with one attached hydrogen (secondary N) is 1. The number of hydrogen-bond donors (Lipinski definition) is 3. The number of methoxy groups -OCH3 is 1. The van der Waals surface area contributed by atoms with E-state index in [9.17, 15) is 24.3 Å². The van der Waals surface area contributed by atoms with Crippen LogP contribution in [0.1, 0.15) is 5.69 Å². The lowest BCUT2D eigenvalue weighted by atomic mass is 10.0. The number of thioether (sulfide) groups is 1. The second-order valence-corrected chi connectivity index (χ2v) is 7.86. The second-order valence-electron chi connectivity index (χ2n) is 6.03. The molecule has 0 aromatic carbocycles. The van der Waals surface area contributed by atoms with Crippen molar-refractivity contribution >= 4 is 52.6 Å². The molecular weight excluding hydrogens is 440 g/mol. The Hall–Kier alpha value is -2.97. The van der Waals surface area contributed by atoms with Gasteiger partial charge in [0.05, 0.1) is 12.1 Å². The molecule has 2 aliphatic rings. The number of carbonyl (C=O) groups is 4. The smallest absolute Gasteiger partial charge is 0.352 e. The van der Waals surface area contributed by atoms with Gasteiger partial charge in [-0.05, 0) is 5.57 Å². The standard InChI is InChI=1S/C16H16N4O8S2/c1-27-2-7-4-30-15-11(14(24)20(15)12(7)16(25)26)18-13(23)10(8-5-29-6-17-8)19-28-3-9(21)22/h5-6,11,15H,2-4H2,1H3,(H,18,23)(H,21,22)(H,25,26)/b19-10-/t11?,15-/m1/s1. The quantitative estimate of drug-likeness (QED) is 0.246. The van der Waals surface area contributed by atoms with Crippen molar-refractivity contribution in [3.05, 3.63) is 27.9 Å². The van der Waals surface area contributed by atoms with Gasteiger partial charge in [-0.3, -0.25) is 14.5 Å². The summed E-state index contributed by atoms with van der Waals surface area (Å²) in [6.07, 6.45) is 0. The molecule has 12 nitrogen and oxygen atoms in total. The molecule has 0 aliphatic carbocycles. The number of aliphatic carboxylic acids is 2. The molecule has 0 spiro atoms. The molecule has 3 heterocycles. The van der Waals surface area contributed by atoms with E-state index in [1.807, 2.05) is 0 Å². The molecule has 3 rings (SSSR count). The van der Waals surface area contributed by atoms with Crippen LogP contribution in [0.5, 0.6) is 0 Å². The summed E-state index contributed by atoms with van der Waals surface area (Å²) < 4.78 is 5.00. The number of rotatable bonds is 9. The van der Waals surface area contributed by atoms with Crippen molar-refractivity contribution in [3.8, 4) is 0 Å². The Balaban J connectivity index is 1.76. The predicted octanol–water partition coefficient (Wildman–Crippen LogP) is -0.667. The van der Waals surface area contributed by atoms with Crippen molar-refractivity contribution < 1.29 is 39.0 Å². The SMILES string of the molecule is COCC1=C(C(=O)O)N2C(=O)C(NC(=O)/C(=N\OCC(=O)O)c3cscn3)[C@H]2SC1. The highest BCUT2D eigenvalue weighted by molar-refractivity contribution is 8.00. The van der Waals surface area contributed by atoms with Crippen molar-refractivity contribution in [1.82, 2.24) is 15.2 Å². The number of carbonyl (C=O) groups excluding carboxylic acids is 2. The number of oxime groups is 1. The number of aromatic nitrogens is 1. The number of hydrogen-bond acceptors (Lipinski definition) is 10. The molecule has 3 N–H and O–H groups in total. The average Bonchev–Trinajstić information content (AvgIpc) is 3.23. The van der Waals surface area contributed by atoms with Crippen molar-refractivity contribution in [1.29, 1.82) is 0 Å². The molecule has 14 heteroatoms. The molecule has 1 aromatic heterocycles. The van der Waals surface area contributed by atoms with E-state index >= 15 is 0 Å². The second kappa shape index (κ2) is 9.23. The van der Waals surface area contributed by atoms with Gasteiger partial charge in [-0.2, -0.15) is 0 Å². The van der Waals surface area contributed by atoms with Gasteiger partial charge in [0, 0.05) is 18.2 Å². The highest BCUT2D eigenvalue weighted by atomic mass is 32.2. The van der Waals surface area contributed by atoms with Gasteiger partial charge >= 0.3 is 11.9 Å². The largest absolute Gasteiger partial charge is 0.479 e. The van der Waals surface area contributed by atoms with Gasteiger partial charge in [0.1, 0.15) is 22.8 Å². The van der Waals surface area contributed by atoms with E-state index in [1.165, 1.54) is 41.1 Å². The van der Waals surface area contributed by atoms with Crippen molar-refractivity contribution in [2.75, 3.05) is 26.1 Å². The van der Waals surface area contributed by atoms with Crippen LogP contribution in [0.15, 0.2) is 27.3 Å². The predicted molar refractivity (Wildman–Crippen MR) is 104 cm³/mol. The van der Waals surface area contributed by atoms with Crippen LogP contribution >= 0.6 is 23.1 Å². The van der Waals surface area contributed by atoms with E-state index in [1.54, 1.807) is 0 Å². The van der Waals surface area contributed by atoms with E-state index in [4.69, 9.17) is 9.84 Å². The Morgan fingerprint density at radius 3 is 2.77 bits per heavy atom. The first-order valence-corrected chi connectivity index (χ1v) is 10.3. The molecule has 2 atom stereocenters. The van der Waals surface area contributed by atoms with Crippen LogP contribution in [0.25, 0.3) is 0 Å². The molecule has 1 fully saturated rings. The number of amides is 2. The van der Waals surface area contributed by atoms with Crippen LogP contribution in [0.3, 0.4) is 0 Å². The topological polar surface area (TPSA) is 168 Å². The fourth-order valence-electron chi connectivity index (χ4n) is 2.86. The van der Waals surface area contributed by atoms with Gasteiger partial charge in [0.15, 0.2) is 5.71 Å². The maximum atomic E-state index is 12.7. The number of ether oxygens (including phenoxy) is 1. The van der Waals surface area contributed by atoms with Crippen LogP contribution in [0, 0.1) is 0 Å². The number of fused-ring (bicyclic) bond motifs is 1. The number of carboxylic acids is 2. The summed E-state index contributed by atoms with van der Waals surface area (Å²) >= 11 is 2.48. The van der Waals surface area contributed by atoms with Crippen LogP contribution in [-0.2, 0) is 28.8 Å². The van der Waals surface area contributed by atoms with Crippen molar-refractivity contribution in [2.45, 2.75) is 11.4 Å². The van der Waals surface area contributed by atoms with Gasteiger partial charge in [0.2, 0.25) is 6.61 Å². The zero-order chi connectivity index (χ0) is 21.8. The Morgan fingerprint density at radius 1 is 1.40 bits per heavy atom. The number of nitrogens with zero attached hydrogens (tertiary/aromatic N) is 3. The minimum atomic E-state index is -1.28. The van der Waals surface area contributed by atoms with E-state index in [0.29, 0.717) is 11.3 Å². The summed E-state index contributed by atoms with van der Waals surface area (Å²) in [6.45, 7) is -0.686. The first-order valence-electron chi connectivity index (χ1n) is 8.35. The monoisotopic (exact) mass is 456 g/mol. The minimum Gasteiger partial charge on any atom is -0.479 e. The van der Waals surface area contributed by atoms with Crippen LogP contribution in [0.4, 0.5) is 0 Å². The Morgan fingerprint density at radius 2 is 2.17 bits per heavy atom. The van der Waals surface area contributed by atoms with Gasteiger partial charge in [0.25, 0.3) is 11.8 Å². The molecule has 30 heavy (non-hydrogen) atoms. The highest BCUT2D eigenvalue weighted by Crippen LogP contribution is 2.40. The Kier molecular flexibility index (Phi) is 6.69. The molecule has 0 saturated carbocycles.